The molecule has 6 nitrogen and oxygen atoms in total. The van der Waals surface area contributed by atoms with E-state index >= 15 is 0 Å². The SMILES string of the molecule is Cc1ccc(-c2cn(CC3(N)CCOCC3)cc(C(=O)O)c2=O)cc1. The average Bonchev–Trinajstić information content (AvgIpc) is 2.57. The molecule has 3 N–H and O–H groups in total. The van der Waals surface area contributed by atoms with Crippen LogP contribution < -0.4 is 11.2 Å². The fourth-order valence-electron chi connectivity index (χ4n) is 3.11. The monoisotopic (exact) mass is 342 g/mol. The maximum absolute atomic E-state index is 12.6. The van der Waals surface area contributed by atoms with Crippen molar-refractivity contribution in [3.63, 3.8) is 0 Å². The third-order valence-electron chi connectivity index (χ3n) is 4.66. The standard InChI is InChI=1S/C19H22N2O4/c1-13-2-4-14(5-3-13)15-10-21(11-16(17(15)22)18(23)24)12-19(20)6-8-25-9-7-19/h2-5,10-11H,6-9,12,20H2,1H3,(H,23,24). The Morgan fingerprint density at radius 1 is 1.24 bits per heavy atom. The number of aromatic nitrogens is 1. The van der Waals surface area contributed by atoms with Crippen molar-refractivity contribution in [2.75, 3.05) is 13.2 Å². The molecule has 0 radical (unpaired) electrons. The summed E-state index contributed by atoms with van der Waals surface area (Å²) in [6, 6.07) is 7.45. The first-order valence-electron chi connectivity index (χ1n) is 8.29. The summed E-state index contributed by atoms with van der Waals surface area (Å²) in [5.41, 5.74) is 7.39. The van der Waals surface area contributed by atoms with E-state index in [4.69, 9.17) is 10.5 Å². The van der Waals surface area contributed by atoms with E-state index in [1.54, 1.807) is 10.8 Å². The largest absolute Gasteiger partial charge is 0.477 e. The zero-order valence-electron chi connectivity index (χ0n) is 14.2. The summed E-state index contributed by atoms with van der Waals surface area (Å²) in [6.45, 7) is 3.58. The molecule has 0 unspecified atom stereocenters. The van der Waals surface area contributed by atoms with E-state index < -0.39 is 16.9 Å². The Bertz CT molecular complexity index is 833. The first-order chi connectivity index (χ1) is 11.9. The second-order valence-corrected chi connectivity index (χ2v) is 6.73. The van der Waals surface area contributed by atoms with E-state index in [9.17, 15) is 14.7 Å². The number of nitrogens with zero attached hydrogens (tertiary/aromatic N) is 1. The van der Waals surface area contributed by atoms with E-state index in [1.165, 1.54) is 6.20 Å². The number of carboxylic acids is 1. The summed E-state index contributed by atoms with van der Waals surface area (Å²) in [4.78, 5) is 24.1. The highest BCUT2D eigenvalue weighted by molar-refractivity contribution is 5.88. The second kappa shape index (κ2) is 6.82. The highest BCUT2D eigenvalue weighted by Gasteiger charge is 2.29. The lowest BCUT2D eigenvalue weighted by Crippen LogP contribution is -2.48. The molecule has 0 bridgehead atoms. The Morgan fingerprint density at radius 2 is 1.88 bits per heavy atom. The molecule has 0 amide bonds. The molecule has 1 saturated heterocycles. The smallest absolute Gasteiger partial charge is 0.341 e. The van der Waals surface area contributed by atoms with Crippen LogP contribution in [0.25, 0.3) is 11.1 Å². The van der Waals surface area contributed by atoms with Crippen molar-refractivity contribution in [1.82, 2.24) is 4.57 Å². The number of hydrogen-bond donors (Lipinski definition) is 2. The van der Waals surface area contributed by atoms with Crippen LogP contribution in [0.1, 0.15) is 28.8 Å². The molecule has 3 rings (SSSR count). The molecule has 1 aromatic carbocycles. The van der Waals surface area contributed by atoms with Gasteiger partial charge in [-0.1, -0.05) is 29.8 Å². The third-order valence-corrected chi connectivity index (χ3v) is 4.66. The molecule has 1 aromatic heterocycles. The summed E-state index contributed by atoms with van der Waals surface area (Å²) in [7, 11) is 0. The molecule has 2 aromatic rings. The van der Waals surface area contributed by atoms with E-state index in [0.717, 1.165) is 5.56 Å². The number of carboxylic acid groups (broad SMARTS) is 1. The topological polar surface area (TPSA) is 94.6 Å². The number of nitrogens with two attached hydrogens (primary N) is 1. The highest BCUT2D eigenvalue weighted by atomic mass is 16.5. The third kappa shape index (κ3) is 3.81. The zero-order chi connectivity index (χ0) is 18.0. The fraction of sp³-hybridized carbons (Fsp3) is 0.368. The minimum absolute atomic E-state index is 0.242. The Kier molecular flexibility index (Phi) is 4.74. The summed E-state index contributed by atoms with van der Waals surface area (Å²) < 4.78 is 7.08. The number of pyridine rings is 1. The van der Waals surface area contributed by atoms with Crippen molar-refractivity contribution < 1.29 is 14.6 Å². The Hall–Kier alpha value is -2.44. The molecule has 0 spiro atoms. The van der Waals surface area contributed by atoms with Gasteiger partial charge in [0.25, 0.3) is 0 Å². The van der Waals surface area contributed by atoms with Crippen LogP contribution in [0.2, 0.25) is 0 Å². The highest BCUT2D eigenvalue weighted by Crippen LogP contribution is 2.22. The number of benzene rings is 1. The fourth-order valence-corrected chi connectivity index (χ4v) is 3.11. The van der Waals surface area contributed by atoms with Gasteiger partial charge in [-0.3, -0.25) is 4.79 Å². The van der Waals surface area contributed by atoms with Crippen molar-refractivity contribution >= 4 is 5.97 Å². The molecule has 1 fully saturated rings. The van der Waals surface area contributed by atoms with Crippen LogP contribution in [-0.4, -0.2) is 34.4 Å². The van der Waals surface area contributed by atoms with E-state index in [-0.39, 0.29) is 5.56 Å². The minimum Gasteiger partial charge on any atom is -0.477 e. The van der Waals surface area contributed by atoms with Crippen LogP contribution in [0, 0.1) is 6.92 Å². The number of hydrogen-bond acceptors (Lipinski definition) is 4. The number of aryl methyl sites for hydroxylation is 1. The van der Waals surface area contributed by atoms with Gasteiger partial charge in [-0.2, -0.15) is 0 Å². The first kappa shape index (κ1) is 17.4. The maximum Gasteiger partial charge on any atom is 0.341 e. The van der Waals surface area contributed by atoms with Crippen LogP contribution in [-0.2, 0) is 11.3 Å². The van der Waals surface area contributed by atoms with Crippen molar-refractivity contribution in [1.29, 1.82) is 0 Å². The molecule has 1 aliphatic heterocycles. The van der Waals surface area contributed by atoms with E-state index in [0.29, 0.717) is 43.7 Å². The summed E-state index contributed by atoms with van der Waals surface area (Å²) in [5, 5.41) is 9.41. The summed E-state index contributed by atoms with van der Waals surface area (Å²) in [6.07, 6.45) is 4.47. The van der Waals surface area contributed by atoms with Crippen LogP contribution in [0.15, 0.2) is 41.5 Å². The number of carbonyl (C=O) groups is 1. The van der Waals surface area contributed by atoms with Gasteiger partial charge in [-0.15, -0.1) is 0 Å². The summed E-state index contributed by atoms with van der Waals surface area (Å²) >= 11 is 0. The van der Waals surface area contributed by atoms with Crippen molar-refractivity contribution in [2.45, 2.75) is 31.8 Å². The van der Waals surface area contributed by atoms with Gasteiger partial charge in [0, 0.05) is 43.3 Å². The van der Waals surface area contributed by atoms with Crippen LogP contribution >= 0.6 is 0 Å². The van der Waals surface area contributed by atoms with Crippen LogP contribution in [0.3, 0.4) is 0 Å². The van der Waals surface area contributed by atoms with Gasteiger partial charge in [0.15, 0.2) is 0 Å². The van der Waals surface area contributed by atoms with Gasteiger partial charge in [0.1, 0.15) is 5.56 Å². The molecular weight excluding hydrogens is 320 g/mol. The lowest BCUT2D eigenvalue weighted by molar-refractivity contribution is 0.0469. The van der Waals surface area contributed by atoms with Crippen molar-refractivity contribution in [2.24, 2.45) is 5.73 Å². The number of aromatic carboxylic acids is 1. The lowest BCUT2D eigenvalue weighted by atomic mass is 9.91. The summed E-state index contributed by atoms with van der Waals surface area (Å²) in [5.74, 6) is -1.23. The normalized spacial score (nSPS) is 16.6. The van der Waals surface area contributed by atoms with Gasteiger partial charge in [0.05, 0.1) is 0 Å². The second-order valence-electron chi connectivity index (χ2n) is 6.73. The zero-order valence-corrected chi connectivity index (χ0v) is 14.2. The molecule has 1 aliphatic rings. The molecule has 2 heterocycles. The molecule has 132 valence electrons. The first-order valence-corrected chi connectivity index (χ1v) is 8.29. The van der Waals surface area contributed by atoms with E-state index in [2.05, 4.69) is 0 Å². The van der Waals surface area contributed by atoms with E-state index in [1.807, 2.05) is 31.2 Å². The van der Waals surface area contributed by atoms with Crippen molar-refractivity contribution in [3.05, 3.63) is 58.0 Å². The minimum atomic E-state index is -1.23. The van der Waals surface area contributed by atoms with Gasteiger partial charge < -0.3 is 20.1 Å². The molecular formula is C19H22N2O4. The van der Waals surface area contributed by atoms with Crippen LogP contribution in [0.4, 0.5) is 0 Å². The quantitative estimate of drug-likeness (QED) is 0.886. The molecule has 0 atom stereocenters. The Morgan fingerprint density at radius 3 is 2.48 bits per heavy atom. The molecule has 0 saturated carbocycles. The van der Waals surface area contributed by atoms with Gasteiger partial charge in [-0.05, 0) is 25.3 Å². The number of rotatable bonds is 4. The van der Waals surface area contributed by atoms with Gasteiger partial charge >= 0.3 is 5.97 Å². The predicted octanol–water partition coefficient (Wildman–Crippen LogP) is 2.03. The molecule has 6 heteroatoms. The number of ether oxygens (including phenoxy) is 1. The lowest BCUT2D eigenvalue weighted by Gasteiger charge is -2.34. The average molecular weight is 342 g/mol. The van der Waals surface area contributed by atoms with Gasteiger partial charge in [-0.25, -0.2) is 4.79 Å². The van der Waals surface area contributed by atoms with Gasteiger partial charge in [0.2, 0.25) is 5.43 Å². The van der Waals surface area contributed by atoms with Crippen LogP contribution in [0.5, 0.6) is 0 Å². The Labute approximate surface area is 145 Å². The maximum atomic E-state index is 12.6. The predicted molar refractivity (Wildman–Crippen MR) is 94.8 cm³/mol. The van der Waals surface area contributed by atoms with Crippen molar-refractivity contribution in [3.8, 4) is 11.1 Å². The molecule has 25 heavy (non-hydrogen) atoms. The Balaban J connectivity index is 2.05. The molecule has 0 aliphatic carbocycles.